The third kappa shape index (κ3) is 11.2. The maximum absolute atomic E-state index is 4.36. The molecule has 0 bridgehead atoms. The van der Waals surface area contributed by atoms with Gasteiger partial charge < -0.3 is 0 Å². The van der Waals surface area contributed by atoms with E-state index in [-0.39, 0.29) is 5.54 Å². The smallest absolute Gasteiger partial charge is 0.0647 e. The Morgan fingerprint density at radius 3 is 0.500 bits per heavy atom. The van der Waals surface area contributed by atoms with Crippen molar-refractivity contribution in [3.63, 3.8) is 0 Å². The molecule has 0 heterocycles. The third-order valence-corrected chi connectivity index (χ3v) is 26.6. The van der Waals surface area contributed by atoms with Gasteiger partial charge in [-0.3, -0.25) is 0 Å². The molecule has 0 fully saturated rings. The van der Waals surface area contributed by atoms with E-state index in [1.165, 1.54) is 105 Å². The lowest BCUT2D eigenvalue weighted by atomic mass is 9.82. The minimum atomic E-state index is -4.36. The zero-order valence-corrected chi connectivity index (χ0v) is 58.0. The average Bonchev–Trinajstić information content (AvgIpc) is 1.08. The molecule has 0 aliphatic heterocycles. The van der Waals surface area contributed by atoms with Gasteiger partial charge in [-0.2, -0.15) is 0 Å². The molecule has 1 heteroatoms. The quantitative estimate of drug-likeness (QED) is 0.0668. The van der Waals surface area contributed by atoms with E-state index in [1.807, 2.05) is 0 Å². The average molecular weight is 1290 g/mol. The van der Waals surface area contributed by atoms with Crippen LogP contribution in [0.15, 0.2) is 404 Å². The van der Waals surface area contributed by atoms with Crippen LogP contribution in [-0.2, 0) is 0 Å². The molecule has 0 spiro atoms. The largest absolute Gasteiger partial charge is 0.161 e. The molecule has 15 aromatic rings. The second-order valence-corrected chi connectivity index (χ2v) is 30.3. The summed E-state index contributed by atoms with van der Waals surface area (Å²) in [5.74, 6) is 0. The summed E-state index contributed by atoms with van der Waals surface area (Å²) in [4.78, 5) is 0. The van der Waals surface area contributed by atoms with Crippen molar-refractivity contribution < 1.29 is 0 Å². The first kappa shape index (κ1) is 62.8. The normalized spacial score (nSPS) is 12.5. The van der Waals surface area contributed by atoms with E-state index in [1.54, 1.807) is 0 Å². The van der Waals surface area contributed by atoms with Gasteiger partial charge in [0.05, 0.1) is 0 Å². The maximum atomic E-state index is 2.76. The van der Waals surface area contributed by atoms with Crippen molar-refractivity contribution in [2.24, 2.45) is 0 Å². The molecule has 0 unspecified atom stereocenters. The predicted molar refractivity (Wildman–Crippen MR) is 430 cm³/mol. The molecule has 0 saturated heterocycles. The van der Waals surface area contributed by atoms with Crippen molar-refractivity contribution in [3.8, 4) is 134 Å². The highest BCUT2D eigenvalue weighted by molar-refractivity contribution is 7.15. The summed E-state index contributed by atoms with van der Waals surface area (Å²) in [6.45, 7) is 9.84. The van der Waals surface area contributed by atoms with Crippen LogP contribution in [-0.4, -0.2) is 8.07 Å². The van der Waals surface area contributed by atoms with Crippen LogP contribution in [0.5, 0.6) is 0 Å². The zero-order chi connectivity index (χ0) is 67.5. The molecule has 476 valence electrons. The van der Waals surface area contributed by atoms with Crippen LogP contribution in [0.2, 0.25) is 5.54 Å². The Labute approximate surface area is 591 Å². The number of hydrogen-bond acceptors (Lipinski definition) is 0. The molecule has 0 atom stereocenters. The Bertz CT molecular complexity index is 4930. The molecular formula is C99H76Si. The van der Waals surface area contributed by atoms with Crippen LogP contribution >= 0.6 is 0 Å². The van der Waals surface area contributed by atoms with Gasteiger partial charge in [-0.25, -0.2) is 0 Å². The van der Waals surface area contributed by atoms with Gasteiger partial charge in [0.25, 0.3) is 0 Å². The zero-order valence-electron chi connectivity index (χ0n) is 57.0. The predicted octanol–water partition coefficient (Wildman–Crippen LogP) is 25.2. The molecule has 1 aliphatic carbocycles. The van der Waals surface area contributed by atoms with Crippen LogP contribution in [0.3, 0.4) is 0 Å². The highest BCUT2D eigenvalue weighted by Gasteiger charge is 2.56. The van der Waals surface area contributed by atoms with Crippen LogP contribution < -0.4 is 15.6 Å². The molecule has 0 saturated carbocycles. The SMILES string of the molecule is CC1=C(C)C([Si](c2cc(-c3ccccc3)c(-c3ccccc3)c(-c3ccccc3)c2-c2ccccc2)(c2cc(-c3ccccc3)c(-c3ccccc3)c(-c3ccccc3)c2-c2ccccc2)c2cc(-c3ccccc3)c(-c3ccccc3)c(-c3ccccc3)c2-c2ccccc2)C(C)=C1C. The highest BCUT2D eigenvalue weighted by Crippen LogP contribution is 2.56. The van der Waals surface area contributed by atoms with E-state index in [0.29, 0.717) is 0 Å². The van der Waals surface area contributed by atoms with Gasteiger partial charge in [-0.05, 0) is 188 Å². The molecule has 15 aromatic carbocycles. The third-order valence-electron chi connectivity index (χ3n) is 21.1. The minimum absolute atomic E-state index is 0.195. The summed E-state index contributed by atoms with van der Waals surface area (Å²) in [6.07, 6.45) is 0. The second kappa shape index (κ2) is 27.5. The molecule has 0 aromatic heterocycles. The maximum Gasteiger partial charge on any atom is 0.161 e. The van der Waals surface area contributed by atoms with Crippen molar-refractivity contribution in [1.82, 2.24) is 0 Å². The van der Waals surface area contributed by atoms with Crippen molar-refractivity contribution in [3.05, 3.63) is 404 Å². The summed E-state index contributed by atoms with van der Waals surface area (Å²) in [6, 6.07) is 145. The fourth-order valence-electron chi connectivity index (χ4n) is 16.5. The van der Waals surface area contributed by atoms with Gasteiger partial charge in [0, 0.05) is 5.54 Å². The molecule has 0 amide bonds. The van der Waals surface area contributed by atoms with Gasteiger partial charge in [0.1, 0.15) is 0 Å². The first-order valence-electron chi connectivity index (χ1n) is 35.0. The van der Waals surface area contributed by atoms with Crippen LogP contribution in [0.25, 0.3) is 134 Å². The van der Waals surface area contributed by atoms with Crippen LogP contribution in [0, 0.1) is 0 Å². The Hall–Kier alpha value is -12.0. The van der Waals surface area contributed by atoms with Crippen molar-refractivity contribution in [2.75, 3.05) is 0 Å². The highest BCUT2D eigenvalue weighted by atomic mass is 28.3. The van der Waals surface area contributed by atoms with Crippen LogP contribution in [0.4, 0.5) is 0 Å². The van der Waals surface area contributed by atoms with E-state index in [9.17, 15) is 0 Å². The number of benzene rings is 15. The summed E-state index contributed by atoms with van der Waals surface area (Å²) >= 11 is 0. The molecule has 1 aliphatic rings. The van der Waals surface area contributed by atoms with E-state index in [4.69, 9.17) is 0 Å². The Kier molecular flexibility index (Phi) is 17.3. The first-order chi connectivity index (χ1) is 49.4. The van der Waals surface area contributed by atoms with E-state index in [2.05, 4.69) is 410 Å². The molecule has 0 radical (unpaired) electrons. The second-order valence-electron chi connectivity index (χ2n) is 26.5. The van der Waals surface area contributed by atoms with Gasteiger partial charge in [0.15, 0.2) is 8.07 Å². The summed E-state index contributed by atoms with van der Waals surface area (Å²) in [5, 5.41) is 3.98. The fourth-order valence-corrected chi connectivity index (χ4v) is 23.2. The van der Waals surface area contributed by atoms with E-state index < -0.39 is 8.07 Å². The minimum Gasteiger partial charge on any atom is -0.0647 e. The Balaban J connectivity index is 1.32. The van der Waals surface area contributed by atoms with Crippen LogP contribution in [0.1, 0.15) is 27.7 Å². The van der Waals surface area contributed by atoms with Gasteiger partial charge >= 0.3 is 0 Å². The molecular weight excluding hydrogens is 1220 g/mol. The topological polar surface area (TPSA) is 0 Å². The standard InChI is InChI=1S/C99H76Si/c1-68-69(2)71(4)99(70(68)3)100(87-65-84(72-41-17-5-18-42-72)90(75-47-23-8-24-48-75)96(81-59-35-14-36-60-81)93(87)78-53-29-11-30-54-78,88-66-85(73-43-19-6-20-44-73)91(76-49-25-9-26-50-76)97(82-61-37-15-38-62-82)94(88)79-55-31-12-32-56-79)89-67-86(74-45-21-7-22-46-74)92(77-51-27-10-28-52-77)98(83-63-39-16-40-64-83)95(89)80-57-33-13-34-58-80/h5-67,99H,1-4H3. The lowest BCUT2D eigenvalue weighted by molar-refractivity contribution is 1.09. The monoisotopic (exact) mass is 1290 g/mol. The van der Waals surface area contributed by atoms with Crippen molar-refractivity contribution >= 4 is 23.6 Å². The first-order valence-corrected chi connectivity index (χ1v) is 37.1. The Morgan fingerprint density at radius 2 is 0.320 bits per heavy atom. The lowest BCUT2D eigenvalue weighted by Gasteiger charge is -2.46. The number of hydrogen-bond donors (Lipinski definition) is 0. The summed E-state index contributed by atoms with van der Waals surface area (Å²) < 4.78 is 0. The molecule has 16 rings (SSSR count). The molecule has 0 nitrogen and oxygen atoms in total. The molecule has 100 heavy (non-hydrogen) atoms. The summed E-state index contributed by atoms with van der Waals surface area (Å²) in [7, 11) is -4.36. The van der Waals surface area contributed by atoms with E-state index >= 15 is 0 Å². The Morgan fingerprint density at radius 1 is 0.170 bits per heavy atom. The molecule has 0 N–H and O–H groups in total. The summed E-state index contributed by atoms with van der Waals surface area (Å²) in [5.41, 5.74) is 33.4. The van der Waals surface area contributed by atoms with Crippen molar-refractivity contribution in [2.45, 2.75) is 33.2 Å². The number of allylic oxidation sites excluding steroid dienone is 4. The lowest BCUT2D eigenvalue weighted by Crippen LogP contribution is -2.71. The van der Waals surface area contributed by atoms with Crippen molar-refractivity contribution in [1.29, 1.82) is 0 Å². The van der Waals surface area contributed by atoms with Gasteiger partial charge in [-0.1, -0.05) is 393 Å². The van der Waals surface area contributed by atoms with Gasteiger partial charge in [0.2, 0.25) is 0 Å². The van der Waals surface area contributed by atoms with Gasteiger partial charge in [-0.15, -0.1) is 0 Å². The number of rotatable bonds is 16. The fraction of sp³-hybridized carbons (Fsp3) is 0.0505. The van der Waals surface area contributed by atoms with E-state index in [0.717, 1.165) is 66.8 Å².